The van der Waals surface area contributed by atoms with Crippen molar-refractivity contribution in [3.05, 3.63) is 52.1 Å². The largest absolute Gasteiger partial charge is 0.478 e. The summed E-state index contributed by atoms with van der Waals surface area (Å²) in [4.78, 5) is 20.4. The zero-order valence-electron chi connectivity index (χ0n) is 8.78. The third-order valence-corrected chi connectivity index (χ3v) is 2.22. The smallest absolute Gasteiger partial charge is 0.335 e. The second-order valence-corrected chi connectivity index (χ2v) is 3.37. The number of carboxylic acids is 1. The molecule has 0 saturated heterocycles. The maximum atomic E-state index is 13.6. The maximum Gasteiger partial charge on any atom is 0.335 e. The van der Waals surface area contributed by atoms with Crippen LogP contribution in [0, 0.1) is 15.9 Å². The molecule has 7 nitrogen and oxygen atoms in total. The van der Waals surface area contributed by atoms with E-state index in [0.29, 0.717) is 0 Å². The Morgan fingerprint density at radius 2 is 2.22 bits per heavy atom. The first kappa shape index (κ1) is 11.7. The number of aromatic carboxylic acids is 1. The minimum atomic E-state index is -1.26. The molecule has 0 aliphatic rings. The standard InChI is InChI=1S/C10H6FN3O4/c11-8-3-6(10(15)16)1-2-9(8)13-5-7(4-12-13)14(17)18/h1-5H,(H,15,16). The molecule has 0 atom stereocenters. The monoisotopic (exact) mass is 251 g/mol. The zero-order valence-corrected chi connectivity index (χ0v) is 8.78. The summed E-state index contributed by atoms with van der Waals surface area (Å²) in [6.45, 7) is 0. The lowest BCUT2D eigenvalue weighted by Gasteiger charge is -2.03. The van der Waals surface area contributed by atoms with Gasteiger partial charge in [-0.05, 0) is 18.2 Å². The van der Waals surface area contributed by atoms with E-state index < -0.39 is 16.7 Å². The summed E-state index contributed by atoms with van der Waals surface area (Å²) in [6.07, 6.45) is 2.02. The third-order valence-electron chi connectivity index (χ3n) is 2.22. The molecule has 0 unspecified atom stereocenters. The Balaban J connectivity index is 2.44. The first-order valence-electron chi connectivity index (χ1n) is 4.71. The van der Waals surface area contributed by atoms with Crippen LogP contribution < -0.4 is 0 Å². The van der Waals surface area contributed by atoms with E-state index in [-0.39, 0.29) is 16.9 Å². The summed E-state index contributed by atoms with van der Waals surface area (Å²) >= 11 is 0. The van der Waals surface area contributed by atoms with Crippen molar-refractivity contribution >= 4 is 11.7 Å². The van der Waals surface area contributed by atoms with Gasteiger partial charge in [0, 0.05) is 0 Å². The van der Waals surface area contributed by atoms with Crippen LogP contribution in [0.1, 0.15) is 10.4 Å². The Labute approximate surface area is 99.2 Å². The molecule has 0 amide bonds. The van der Waals surface area contributed by atoms with Gasteiger partial charge in [-0.25, -0.2) is 13.9 Å². The minimum Gasteiger partial charge on any atom is -0.478 e. The lowest BCUT2D eigenvalue weighted by Crippen LogP contribution is -2.02. The molecule has 18 heavy (non-hydrogen) atoms. The van der Waals surface area contributed by atoms with Crippen molar-refractivity contribution in [3.8, 4) is 5.69 Å². The van der Waals surface area contributed by atoms with Gasteiger partial charge in [0.1, 0.15) is 23.9 Å². The van der Waals surface area contributed by atoms with E-state index in [0.717, 1.165) is 23.1 Å². The summed E-state index contributed by atoms with van der Waals surface area (Å²) in [7, 11) is 0. The molecule has 0 radical (unpaired) electrons. The highest BCUT2D eigenvalue weighted by Crippen LogP contribution is 2.17. The molecular weight excluding hydrogens is 245 g/mol. The Kier molecular flexibility index (Phi) is 2.76. The summed E-state index contributed by atoms with van der Waals surface area (Å²) in [5, 5.41) is 22.8. The van der Waals surface area contributed by atoms with Gasteiger partial charge in [-0.1, -0.05) is 0 Å². The molecule has 0 aliphatic heterocycles. The number of rotatable bonds is 3. The van der Waals surface area contributed by atoms with E-state index in [4.69, 9.17) is 5.11 Å². The van der Waals surface area contributed by atoms with Crippen molar-refractivity contribution in [1.82, 2.24) is 9.78 Å². The number of nitrogens with zero attached hydrogens (tertiary/aromatic N) is 3. The van der Waals surface area contributed by atoms with Crippen molar-refractivity contribution in [3.63, 3.8) is 0 Å². The second-order valence-electron chi connectivity index (χ2n) is 3.37. The molecule has 1 aromatic carbocycles. The quantitative estimate of drug-likeness (QED) is 0.660. The van der Waals surface area contributed by atoms with E-state index >= 15 is 0 Å². The number of aromatic nitrogens is 2. The van der Waals surface area contributed by atoms with Crippen LogP contribution in [0.3, 0.4) is 0 Å². The van der Waals surface area contributed by atoms with Crippen LogP contribution in [0.15, 0.2) is 30.6 Å². The molecule has 0 saturated carbocycles. The molecule has 2 aromatic rings. The van der Waals surface area contributed by atoms with Crippen LogP contribution >= 0.6 is 0 Å². The molecule has 0 bridgehead atoms. The number of nitro groups is 1. The van der Waals surface area contributed by atoms with Gasteiger partial charge in [0.25, 0.3) is 0 Å². The van der Waals surface area contributed by atoms with Gasteiger partial charge < -0.3 is 5.11 Å². The van der Waals surface area contributed by atoms with E-state index in [1.165, 1.54) is 12.1 Å². The van der Waals surface area contributed by atoms with Crippen LogP contribution in [0.4, 0.5) is 10.1 Å². The van der Waals surface area contributed by atoms with Crippen LogP contribution in [0.2, 0.25) is 0 Å². The van der Waals surface area contributed by atoms with Crippen LogP contribution in [0.5, 0.6) is 0 Å². The first-order chi connectivity index (χ1) is 8.49. The van der Waals surface area contributed by atoms with Gasteiger partial charge in [-0.15, -0.1) is 0 Å². The molecule has 92 valence electrons. The molecule has 1 N–H and O–H groups in total. The van der Waals surface area contributed by atoms with E-state index in [1.807, 2.05) is 0 Å². The van der Waals surface area contributed by atoms with E-state index in [9.17, 15) is 19.3 Å². The lowest BCUT2D eigenvalue weighted by atomic mass is 10.2. The van der Waals surface area contributed by atoms with Gasteiger partial charge >= 0.3 is 11.7 Å². The van der Waals surface area contributed by atoms with Gasteiger partial charge in [0.05, 0.1) is 10.5 Å². The van der Waals surface area contributed by atoms with E-state index in [2.05, 4.69) is 5.10 Å². The summed E-state index contributed by atoms with van der Waals surface area (Å²) in [6, 6.07) is 3.20. The maximum absolute atomic E-state index is 13.6. The van der Waals surface area contributed by atoms with E-state index in [1.54, 1.807) is 0 Å². The summed E-state index contributed by atoms with van der Waals surface area (Å²) in [5.41, 5.74) is -0.553. The minimum absolute atomic E-state index is 0.0619. The van der Waals surface area contributed by atoms with Crippen molar-refractivity contribution in [2.75, 3.05) is 0 Å². The number of carboxylic acid groups (broad SMARTS) is 1. The summed E-state index contributed by atoms with van der Waals surface area (Å²) in [5.74, 6) is -2.08. The Bertz CT molecular complexity index is 638. The average Bonchev–Trinajstić information content (AvgIpc) is 2.78. The third kappa shape index (κ3) is 2.03. The van der Waals surface area contributed by atoms with Crippen LogP contribution in [-0.2, 0) is 0 Å². The van der Waals surface area contributed by atoms with Crippen molar-refractivity contribution in [2.45, 2.75) is 0 Å². The number of hydrogen-bond donors (Lipinski definition) is 1. The highest BCUT2D eigenvalue weighted by atomic mass is 19.1. The van der Waals surface area contributed by atoms with Gasteiger partial charge in [-0.2, -0.15) is 5.10 Å². The zero-order chi connectivity index (χ0) is 13.3. The Morgan fingerprint density at radius 1 is 1.50 bits per heavy atom. The number of benzene rings is 1. The second kappa shape index (κ2) is 4.24. The molecule has 0 aliphatic carbocycles. The molecule has 8 heteroatoms. The van der Waals surface area contributed by atoms with Gasteiger partial charge in [0.2, 0.25) is 0 Å². The molecule has 0 spiro atoms. The summed E-state index contributed by atoms with van der Waals surface area (Å²) < 4.78 is 14.6. The predicted octanol–water partition coefficient (Wildman–Crippen LogP) is 1.62. The first-order valence-corrected chi connectivity index (χ1v) is 4.71. The van der Waals surface area contributed by atoms with Crippen molar-refractivity contribution in [2.24, 2.45) is 0 Å². The fraction of sp³-hybridized carbons (Fsp3) is 0. The fourth-order valence-corrected chi connectivity index (χ4v) is 1.37. The van der Waals surface area contributed by atoms with Crippen LogP contribution in [-0.4, -0.2) is 25.8 Å². The molecule has 2 rings (SSSR count). The van der Waals surface area contributed by atoms with Crippen molar-refractivity contribution < 1.29 is 19.2 Å². The molecule has 1 heterocycles. The molecular formula is C10H6FN3O4. The van der Waals surface area contributed by atoms with Gasteiger partial charge in [-0.3, -0.25) is 10.1 Å². The number of hydrogen-bond acceptors (Lipinski definition) is 4. The SMILES string of the molecule is O=C(O)c1ccc(-n2cc([N+](=O)[O-])cn2)c(F)c1. The van der Waals surface area contributed by atoms with Crippen LogP contribution in [0.25, 0.3) is 5.69 Å². The van der Waals surface area contributed by atoms with Gasteiger partial charge in [0.15, 0.2) is 0 Å². The highest BCUT2D eigenvalue weighted by molar-refractivity contribution is 5.87. The number of carbonyl (C=O) groups is 1. The number of halogens is 1. The Hall–Kier alpha value is -2.77. The topological polar surface area (TPSA) is 98.3 Å². The van der Waals surface area contributed by atoms with Crippen molar-refractivity contribution in [1.29, 1.82) is 0 Å². The average molecular weight is 251 g/mol. The fourth-order valence-electron chi connectivity index (χ4n) is 1.37. The lowest BCUT2D eigenvalue weighted by molar-refractivity contribution is -0.384. The normalized spacial score (nSPS) is 10.3. The Morgan fingerprint density at radius 3 is 2.72 bits per heavy atom. The predicted molar refractivity (Wildman–Crippen MR) is 57.1 cm³/mol. The molecule has 0 fully saturated rings. The molecule has 1 aromatic heterocycles. The highest BCUT2D eigenvalue weighted by Gasteiger charge is 2.14.